The van der Waals surface area contributed by atoms with Gasteiger partial charge in [-0.15, -0.1) is 0 Å². The number of hydrogen-bond donors (Lipinski definition) is 0. The zero-order valence-corrected chi connectivity index (χ0v) is 24.9. The molecular formula is C31H28F4N6O3S. The summed E-state index contributed by atoms with van der Waals surface area (Å²) in [5.41, 5.74) is -0.0841. The molecule has 9 nitrogen and oxygen atoms in total. The number of carbonyl (C=O) groups excluding carboxylic acids is 1. The van der Waals surface area contributed by atoms with Gasteiger partial charge < -0.3 is 0 Å². The van der Waals surface area contributed by atoms with Crippen molar-refractivity contribution in [2.24, 2.45) is 12.5 Å². The predicted octanol–water partition coefficient (Wildman–Crippen LogP) is 5.37. The van der Waals surface area contributed by atoms with Crippen molar-refractivity contribution in [3.63, 3.8) is 0 Å². The van der Waals surface area contributed by atoms with E-state index in [2.05, 4.69) is 15.2 Å². The number of benzene rings is 1. The van der Waals surface area contributed by atoms with Gasteiger partial charge in [0.25, 0.3) is 10.0 Å². The summed E-state index contributed by atoms with van der Waals surface area (Å²) in [6.07, 6.45) is 3.45. The van der Waals surface area contributed by atoms with Crippen LogP contribution in [0, 0.1) is 11.2 Å². The average Bonchev–Trinajstić information content (AvgIpc) is 3.59. The second kappa shape index (κ2) is 10.4. The predicted molar refractivity (Wildman–Crippen MR) is 154 cm³/mol. The van der Waals surface area contributed by atoms with Gasteiger partial charge in [0.15, 0.2) is 10.8 Å². The Labute approximate surface area is 256 Å². The van der Waals surface area contributed by atoms with Crippen molar-refractivity contribution in [3.8, 4) is 5.69 Å². The molecule has 2 fully saturated rings. The summed E-state index contributed by atoms with van der Waals surface area (Å²) in [5, 5.41) is 8.55. The summed E-state index contributed by atoms with van der Waals surface area (Å²) < 4.78 is 87.1. The van der Waals surface area contributed by atoms with Gasteiger partial charge in [-0.2, -0.15) is 27.7 Å². The third-order valence-corrected chi connectivity index (χ3v) is 10.9. The molecule has 3 heterocycles. The van der Waals surface area contributed by atoms with Crippen LogP contribution in [0.5, 0.6) is 0 Å². The van der Waals surface area contributed by atoms with Crippen molar-refractivity contribution < 1.29 is 30.8 Å². The van der Waals surface area contributed by atoms with Crippen LogP contribution in [0.25, 0.3) is 11.8 Å². The molecule has 14 heteroatoms. The van der Waals surface area contributed by atoms with Crippen molar-refractivity contribution in [1.82, 2.24) is 28.9 Å². The molecule has 0 radical (unpaired) electrons. The molecule has 234 valence electrons. The van der Waals surface area contributed by atoms with Crippen molar-refractivity contribution in [2.75, 3.05) is 0 Å². The Kier molecular flexibility index (Phi) is 6.85. The topological polar surface area (TPSA) is 103 Å². The summed E-state index contributed by atoms with van der Waals surface area (Å²) >= 11 is 0. The standard InChI is InChI=1S/C31H28F4N6O3S/c1-39-13-11-28(38-39)45(43,44)41(24-8-9-24)25-5-2-20-15-27-19(18-37-40(27)23-6-3-22(32)4-7-23)16-30(20,17-25)29(42)26-14-21(10-12-36-26)31(33,34)35/h3-4,6-7,10-15,18,24-25H,2,5,8-9,16-17H2,1H3/t25-,30-/m0/s1. The third kappa shape index (κ3) is 5.09. The Balaban J connectivity index is 1.33. The van der Waals surface area contributed by atoms with Crippen LogP contribution in [0.4, 0.5) is 17.6 Å². The highest BCUT2D eigenvalue weighted by Gasteiger charge is 2.54. The number of ketones is 1. The largest absolute Gasteiger partial charge is 0.416 e. The van der Waals surface area contributed by atoms with E-state index in [9.17, 15) is 30.8 Å². The lowest BCUT2D eigenvalue weighted by atomic mass is 9.60. The first kappa shape index (κ1) is 29.5. The van der Waals surface area contributed by atoms with Gasteiger partial charge in [0, 0.05) is 31.5 Å². The molecule has 3 aromatic heterocycles. The molecule has 2 atom stereocenters. The lowest BCUT2D eigenvalue weighted by Crippen LogP contribution is -2.51. The maximum atomic E-state index is 14.5. The molecule has 3 aliphatic rings. The van der Waals surface area contributed by atoms with Crippen molar-refractivity contribution >= 4 is 21.9 Å². The van der Waals surface area contributed by atoms with Gasteiger partial charge in [0.2, 0.25) is 0 Å². The number of aryl methyl sites for hydroxylation is 1. The number of aromatic nitrogens is 5. The highest BCUT2D eigenvalue weighted by Crippen LogP contribution is 2.52. The SMILES string of the molecule is Cn1ccc(S(=O)(=O)N(C2CC2)[C@H]2CCC3=Cc4c(cnn4-c4ccc(F)cc4)C[C@]3(C(=O)c3cc(C(F)(F)F)ccn3)C2)n1. The molecular weight excluding hydrogens is 612 g/mol. The molecule has 45 heavy (non-hydrogen) atoms. The van der Waals surface area contributed by atoms with Crippen LogP contribution >= 0.6 is 0 Å². The van der Waals surface area contributed by atoms with E-state index in [0.717, 1.165) is 18.3 Å². The zero-order chi connectivity index (χ0) is 31.7. The monoisotopic (exact) mass is 640 g/mol. The second-order valence-electron chi connectivity index (χ2n) is 11.9. The number of alkyl halides is 3. The van der Waals surface area contributed by atoms with E-state index in [1.165, 1.54) is 27.2 Å². The Morgan fingerprint density at radius 1 is 1.07 bits per heavy atom. The van der Waals surface area contributed by atoms with Crippen LogP contribution in [-0.2, 0) is 29.7 Å². The van der Waals surface area contributed by atoms with E-state index in [1.807, 2.05) is 6.08 Å². The van der Waals surface area contributed by atoms with Gasteiger partial charge in [-0.25, -0.2) is 17.5 Å². The molecule has 1 aromatic carbocycles. The average molecular weight is 641 g/mol. The molecule has 0 spiro atoms. The van der Waals surface area contributed by atoms with Crippen molar-refractivity contribution in [2.45, 2.75) is 61.8 Å². The molecule has 0 saturated heterocycles. The number of Topliss-reactive ketones (excluding diaryl/α,β-unsaturated/α-hetero) is 1. The van der Waals surface area contributed by atoms with Crippen LogP contribution in [-0.4, -0.2) is 55.1 Å². The van der Waals surface area contributed by atoms with Gasteiger partial charge in [-0.3, -0.25) is 14.5 Å². The normalized spacial score (nSPS) is 21.7. The number of hydrogen-bond acceptors (Lipinski definition) is 6. The lowest BCUT2D eigenvalue weighted by Gasteiger charge is -2.46. The highest BCUT2D eigenvalue weighted by atomic mass is 32.2. The van der Waals surface area contributed by atoms with Crippen molar-refractivity contribution in [1.29, 1.82) is 0 Å². The Bertz CT molecular complexity index is 1950. The van der Waals surface area contributed by atoms with Crippen molar-refractivity contribution in [3.05, 3.63) is 95.0 Å². The third-order valence-electron chi connectivity index (χ3n) is 8.96. The summed E-state index contributed by atoms with van der Waals surface area (Å²) in [7, 11) is -2.41. The van der Waals surface area contributed by atoms with Crippen LogP contribution in [0.2, 0.25) is 0 Å². The van der Waals surface area contributed by atoms with Gasteiger partial charge in [-0.1, -0.05) is 5.57 Å². The van der Waals surface area contributed by atoms with Crippen LogP contribution in [0.15, 0.2) is 71.7 Å². The Morgan fingerprint density at radius 3 is 2.49 bits per heavy atom. The van der Waals surface area contributed by atoms with Crippen LogP contribution in [0.3, 0.4) is 0 Å². The number of carbonyl (C=O) groups is 1. The van der Waals surface area contributed by atoms with E-state index in [4.69, 9.17) is 0 Å². The van der Waals surface area contributed by atoms with E-state index < -0.39 is 44.8 Å². The first-order chi connectivity index (χ1) is 21.4. The fourth-order valence-corrected chi connectivity index (χ4v) is 8.58. The minimum atomic E-state index is -4.68. The lowest BCUT2D eigenvalue weighted by molar-refractivity contribution is -0.137. The second-order valence-corrected chi connectivity index (χ2v) is 13.7. The smallest absolute Gasteiger partial charge is 0.291 e. The Morgan fingerprint density at radius 2 is 1.82 bits per heavy atom. The number of sulfonamides is 1. The number of fused-ring (bicyclic) bond motifs is 2. The number of rotatable bonds is 7. The first-order valence-corrected chi connectivity index (χ1v) is 16.0. The molecule has 2 saturated carbocycles. The summed E-state index contributed by atoms with van der Waals surface area (Å²) in [5.74, 6) is -1.01. The van der Waals surface area contributed by atoms with Gasteiger partial charge in [-0.05, 0) is 92.6 Å². The molecule has 4 aromatic rings. The number of halogens is 4. The maximum absolute atomic E-state index is 14.5. The minimum Gasteiger partial charge on any atom is -0.291 e. The number of allylic oxidation sites excluding steroid dienone is 1. The van der Waals surface area contributed by atoms with Gasteiger partial charge >= 0.3 is 6.18 Å². The van der Waals surface area contributed by atoms with Gasteiger partial charge in [0.05, 0.1) is 28.6 Å². The zero-order valence-electron chi connectivity index (χ0n) is 24.1. The molecule has 7 rings (SSSR count). The minimum absolute atomic E-state index is 0.0549. The number of pyridine rings is 1. The molecule has 0 aliphatic heterocycles. The molecule has 3 aliphatic carbocycles. The van der Waals surface area contributed by atoms with Crippen LogP contribution in [0.1, 0.15) is 59.4 Å². The quantitative estimate of drug-likeness (QED) is 0.199. The Hall–Kier alpha value is -4.17. The molecule has 0 N–H and O–H groups in total. The van der Waals surface area contributed by atoms with E-state index in [0.29, 0.717) is 48.2 Å². The fourth-order valence-electron chi connectivity index (χ4n) is 6.72. The molecule has 0 amide bonds. The van der Waals surface area contributed by atoms with Crippen LogP contribution < -0.4 is 0 Å². The fraction of sp³-hybridized carbons (Fsp3) is 0.355. The van der Waals surface area contributed by atoms with E-state index in [-0.39, 0.29) is 29.6 Å². The summed E-state index contributed by atoms with van der Waals surface area (Å²) in [6.45, 7) is 0. The summed E-state index contributed by atoms with van der Waals surface area (Å²) in [4.78, 5) is 18.6. The van der Waals surface area contributed by atoms with E-state index >= 15 is 0 Å². The maximum Gasteiger partial charge on any atom is 0.416 e. The van der Waals surface area contributed by atoms with Gasteiger partial charge in [0.1, 0.15) is 11.5 Å². The first-order valence-electron chi connectivity index (χ1n) is 14.5. The summed E-state index contributed by atoms with van der Waals surface area (Å²) in [6, 6.07) is 7.92. The highest BCUT2D eigenvalue weighted by molar-refractivity contribution is 7.89. The molecule has 0 bridgehead atoms. The number of nitrogens with zero attached hydrogens (tertiary/aromatic N) is 6. The molecule has 0 unspecified atom stereocenters. The van der Waals surface area contributed by atoms with E-state index in [1.54, 1.807) is 36.3 Å².